The summed E-state index contributed by atoms with van der Waals surface area (Å²) in [5.41, 5.74) is 6.33. The maximum atomic E-state index is 5.70. The van der Waals surface area contributed by atoms with E-state index in [1.807, 2.05) is 32.0 Å². The Bertz CT molecular complexity index is 595. The summed E-state index contributed by atoms with van der Waals surface area (Å²) in [6, 6.07) is 5.66. The predicted molar refractivity (Wildman–Crippen MR) is 75.1 cm³/mol. The molecule has 0 saturated carbocycles. The third kappa shape index (κ3) is 3.50. The maximum Gasteiger partial charge on any atom is 0.263 e. The van der Waals surface area contributed by atoms with E-state index in [9.17, 15) is 0 Å². The molecule has 0 bridgehead atoms. The van der Waals surface area contributed by atoms with Gasteiger partial charge in [-0.25, -0.2) is 0 Å². The maximum absolute atomic E-state index is 5.70. The summed E-state index contributed by atoms with van der Waals surface area (Å²) in [5.74, 6) is 0.853. The lowest BCUT2D eigenvalue weighted by molar-refractivity contribution is 0.242. The van der Waals surface area contributed by atoms with Crippen LogP contribution in [-0.4, -0.2) is 32.6 Å². The number of rotatable bonds is 4. The molecule has 7 nitrogen and oxygen atoms in total. The lowest BCUT2D eigenvalue weighted by Crippen LogP contribution is -2.07. The van der Waals surface area contributed by atoms with Crippen molar-refractivity contribution >= 4 is 28.1 Å². The number of hydrogen-bond donors (Lipinski definition) is 1. The highest BCUT2D eigenvalue weighted by atomic mass is 79.9. The van der Waals surface area contributed by atoms with Crippen molar-refractivity contribution in [2.24, 2.45) is 5.10 Å². The molecule has 0 radical (unpaired) electrons. The molecule has 2 aromatic rings. The standard InChI is InChI=1S/C11H13BrN6O/c1-7(2)19-10-4-3-9(12)5-8(10)6-14-18-11(13)15-16-17-18/h3-7H,1-2H3,(H2,13,15,17). The molecule has 100 valence electrons. The molecule has 0 saturated heterocycles. The molecule has 0 amide bonds. The van der Waals surface area contributed by atoms with Crippen LogP contribution in [0.25, 0.3) is 0 Å². The molecule has 1 aromatic heterocycles. The Labute approximate surface area is 118 Å². The monoisotopic (exact) mass is 324 g/mol. The first-order chi connectivity index (χ1) is 9.06. The smallest absolute Gasteiger partial charge is 0.263 e. The summed E-state index contributed by atoms with van der Waals surface area (Å²) >= 11 is 3.41. The van der Waals surface area contributed by atoms with Gasteiger partial charge in [0.05, 0.1) is 12.3 Å². The summed E-state index contributed by atoms with van der Waals surface area (Å²) in [6.45, 7) is 3.92. The van der Waals surface area contributed by atoms with Crippen LogP contribution in [0.5, 0.6) is 5.75 Å². The molecule has 2 N–H and O–H groups in total. The number of benzene rings is 1. The van der Waals surface area contributed by atoms with Gasteiger partial charge in [0.1, 0.15) is 5.75 Å². The van der Waals surface area contributed by atoms with E-state index in [0.29, 0.717) is 0 Å². The molecule has 0 unspecified atom stereocenters. The number of halogens is 1. The van der Waals surface area contributed by atoms with E-state index in [0.717, 1.165) is 20.6 Å². The Morgan fingerprint density at radius 3 is 2.89 bits per heavy atom. The predicted octanol–water partition coefficient (Wildman–Crippen LogP) is 1.69. The van der Waals surface area contributed by atoms with Crippen LogP contribution in [0.1, 0.15) is 19.4 Å². The Hall–Kier alpha value is -1.96. The van der Waals surface area contributed by atoms with Gasteiger partial charge in [0.2, 0.25) is 0 Å². The number of anilines is 1. The zero-order valence-electron chi connectivity index (χ0n) is 10.5. The van der Waals surface area contributed by atoms with Crippen LogP contribution >= 0.6 is 15.9 Å². The van der Waals surface area contributed by atoms with E-state index >= 15 is 0 Å². The van der Waals surface area contributed by atoms with Gasteiger partial charge in [-0.2, -0.15) is 5.10 Å². The van der Waals surface area contributed by atoms with Crippen LogP contribution < -0.4 is 10.5 Å². The highest BCUT2D eigenvalue weighted by Crippen LogP contribution is 2.22. The molecule has 1 heterocycles. The zero-order valence-corrected chi connectivity index (χ0v) is 12.1. The largest absolute Gasteiger partial charge is 0.490 e. The van der Waals surface area contributed by atoms with Gasteiger partial charge in [-0.1, -0.05) is 25.8 Å². The molecule has 0 aliphatic heterocycles. The zero-order chi connectivity index (χ0) is 13.8. The molecule has 0 fully saturated rings. The average Bonchev–Trinajstić information content (AvgIpc) is 2.75. The van der Waals surface area contributed by atoms with Crippen molar-refractivity contribution in [2.45, 2.75) is 20.0 Å². The van der Waals surface area contributed by atoms with Crippen molar-refractivity contribution < 1.29 is 4.74 Å². The quantitative estimate of drug-likeness (QED) is 0.864. The van der Waals surface area contributed by atoms with Crippen LogP contribution in [0.2, 0.25) is 0 Å². The third-order valence-electron chi connectivity index (χ3n) is 2.12. The van der Waals surface area contributed by atoms with Gasteiger partial charge in [0, 0.05) is 10.0 Å². The lowest BCUT2D eigenvalue weighted by Gasteiger charge is -2.12. The van der Waals surface area contributed by atoms with Gasteiger partial charge in [-0.05, 0) is 42.5 Å². The van der Waals surface area contributed by atoms with Gasteiger partial charge in [0.25, 0.3) is 5.95 Å². The van der Waals surface area contributed by atoms with Gasteiger partial charge in [-0.15, -0.1) is 0 Å². The molecule has 0 atom stereocenters. The van der Waals surface area contributed by atoms with Crippen molar-refractivity contribution in [3.8, 4) is 5.75 Å². The number of hydrogen-bond acceptors (Lipinski definition) is 6. The van der Waals surface area contributed by atoms with Gasteiger partial charge in [0.15, 0.2) is 0 Å². The molecule has 1 aromatic carbocycles. The molecule has 8 heteroatoms. The van der Waals surface area contributed by atoms with E-state index in [1.54, 1.807) is 6.21 Å². The fourth-order valence-electron chi connectivity index (χ4n) is 1.37. The van der Waals surface area contributed by atoms with Crippen LogP contribution in [0.15, 0.2) is 27.8 Å². The molecular formula is C11H13BrN6O. The Kier molecular flexibility index (Phi) is 4.10. The topological polar surface area (TPSA) is 91.2 Å². The van der Waals surface area contributed by atoms with Crippen molar-refractivity contribution in [2.75, 3.05) is 5.73 Å². The molecule has 0 aliphatic rings. The highest BCUT2D eigenvalue weighted by molar-refractivity contribution is 9.10. The van der Waals surface area contributed by atoms with Gasteiger partial charge < -0.3 is 10.5 Å². The molecular weight excluding hydrogens is 312 g/mol. The third-order valence-corrected chi connectivity index (χ3v) is 2.61. The Morgan fingerprint density at radius 2 is 2.26 bits per heavy atom. The van der Waals surface area contributed by atoms with E-state index in [-0.39, 0.29) is 12.1 Å². The first-order valence-corrected chi connectivity index (χ1v) is 6.40. The van der Waals surface area contributed by atoms with E-state index in [4.69, 9.17) is 10.5 Å². The molecule has 2 rings (SSSR count). The highest BCUT2D eigenvalue weighted by Gasteiger charge is 2.05. The van der Waals surface area contributed by atoms with Crippen LogP contribution in [0, 0.1) is 0 Å². The minimum atomic E-state index is 0.0754. The van der Waals surface area contributed by atoms with Crippen LogP contribution in [-0.2, 0) is 0 Å². The Balaban J connectivity index is 2.30. The van der Waals surface area contributed by atoms with Crippen molar-refractivity contribution in [3.63, 3.8) is 0 Å². The second-order valence-electron chi connectivity index (χ2n) is 4.02. The Morgan fingerprint density at radius 1 is 1.47 bits per heavy atom. The molecule has 19 heavy (non-hydrogen) atoms. The second-order valence-corrected chi connectivity index (χ2v) is 4.94. The molecule has 0 spiro atoms. The summed E-state index contributed by atoms with van der Waals surface area (Å²) in [4.78, 5) is 1.14. The number of tetrazole rings is 1. The summed E-state index contributed by atoms with van der Waals surface area (Å²) in [5, 5.41) is 14.6. The van der Waals surface area contributed by atoms with Crippen LogP contribution in [0.3, 0.4) is 0 Å². The van der Waals surface area contributed by atoms with E-state index in [2.05, 4.69) is 36.6 Å². The summed E-state index contributed by atoms with van der Waals surface area (Å²) in [6.07, 6.45) is 1.67. The number of ether oxygens (including phenoxy) is 1. The van der Waals surface area contributed by atoms with Gasteiger partial charge in [-0.3, -0.25) is 0 Å². The number of nitrogen functional groups attached to an aromatic ring is 1. The summed E-state index contributed by atoms with van der Waals surface area (Å²) < 4.78 is 6.62. The number of aromatic nitrogens is 4. The second kappa shape index (κ2) is 5.79. The van der Waals surface area contributed by atoms with Crippen molar-refractivity contribution in [3.05, 3.63) is 28.2 Å². The van der Waals surface area contributed by atoms with E-state index in [1.165, 1.54) is 0 Å². The summed E-state index contributed by atoms with van der Waals surface area (Å²) in [7, 11) is 0. The normalized spacial score (nSPS) is 11.4. The molecule has 0 aliphatic carbocycles. The first kappa shape index (κ1) is 13.5. The van der Waals surface area contributed by atoms with Crippen molar-refractivity contribution in [1.82, 2.24) is 20.3 Å². The van der Waals surface area contributed by atoms with Gasteiger partial charge >= 0.3 is 0 Å². The number of nitrogens with zero attached hydrogens (tertiary/aromatic N) is 5. The minimum Gasteiger partial charge on any atom is -0.490 e. The first-order valence-electron chi connectivity index (χ1n) is 5.60. The fraction of sp³-hybridized carbons (Fsp3) is 0.273. The van der Waals surface area contributed by atoms with Crippen molar-refractivity contribution in [1.29, 1.82) is 0 Å². The number of nitrogens with two attached hydrogens (primary N) is 1. The SMILES string of the molecule is CC(C)Oc1ccc(Br)cc1C=Nn1nnnc1N. The minimum absolute atomic E-state index is 0.0754. The van der Waals surface area contributed by atoms with E-state index < -0.39 is 0 Å². The van der Waals surface area contributed by atoms with Crippen LogP contribution in [0.4, 0.5) is 5.95 Å². The lowest BCUT2D eigenvalue weighted by atomic mass is 10.2. The fourth-order valence-corrected chi connectivity index (χ4v) is 1.75. The average molecular weight is 325 g/mol.